The molecule has 0 bridgehead atoms. The number of carbonyl (C=O) groups excluding carboxylic acids is 2. The van der Waals surface area contributed by atoms with Gasteiger partial charge in [-0.25, -0.2) is 13.6 Å². The number of carboxylic acid groups (broad SMARTS) is 1. The lowest BCUT2D eigenvalue weighted by Crippen LogP contribution is -2.61. The van der Waals surface area contributed by atoms with E-state index < -0.39 is 47.1 Å². The Bertz CT molecular complexity index is 1190. The van der Waals surface area contributed by atoms with Crippen LogP contribution in [0, 0.1) is 23.0 Å². The number of carbonyl (C=O) groups is 3. The van der Waals surface area contributed by atoms with Gasteiger partial charge in [0.05, 0.1) is 29.3 Å². The van der Waals surface area contributed by atoms with Crippen LogP contribution in [-0.4, -0.2) is 42.1 Å². The summed E-state index contributed by atoms with van der Waals surface area (Å²) in [5.41, 5.74) is 0.234. The molecule has 1 atom stereocenters. The van der Waals surface area contributed by atoms with Gasteiger partial charge in [-0.1, -0.05) is 11.6 Å². The Morgan fingerprint density at radius 2 is 1.85 bits per heavy atom. The smallest absolute Gasteiger partial charge is 0.412 e. The first kappa shape index (κ1) is 22.5. The van der Waals surface area contributed by atoms with Gasteiger partial charge in [-0.15, -0.1) is 0 Å². The highest BCUT2D eigenvalue weighted by atomic mass is 35.5. The molecule has 8 nitrogen and oxygen atoms in total. The second kappa shape index (κ2) is 8.67. The molecule has 0 radical (unpaired) electrons. The van der Waals surface area contributed by atoms with Crippen molar-refractivity contribution in [1.29, 1.82) is 5.26 Å². The molecule has 0 aliphatic carbocycles. The summed E-state index contributed by atoms with van der Waals surface area (Å²) in [6.07, 6.45) is -1.25. The summed E-state index contributed by atoms with van der Waals surface area (Å²) < 4.78 is 29.6. The zero-order valence-electron chi connectivity index (χ0n) is 17.0. The van der Waals surface area contributed by atoms with Gasteiger partial charge in [-0.3, -0.25) is 19.8 Å². The van der Waals surface area contributed by atoms with Crippen LogP contribution >= 0.6 is 11.6 Å². The summed E-state index contributed by atoms with van der Waals surface area (Å²) >= 11 is 5.99. The van der Waals surface area contributed by atoms with E-state index in [0.29, 0.717) is 0 Å². The number of rotatable bonds is 4. The summed E-state index contributed by atoms with van der Waals surface area (Å²) in [7, 11) is 0. The van der Waals surface area contributed by atoms with Crippen LogP contribution in [0.4, 0.5) is 25.0 Å². The lowest BCUT2D eigenvalue weighted by atomic mass is 9.89. The number of hydrogen-bond donors (Lipinski definition) is 2. The van der Waals surface area contributed by atoms with Gasteiger partial charge >= 0.3 is 6.09 Å². The lowest BCUT2D eigenvalue weighted by Gasteiger charge is -2.45. The maximum absolute atomic E-state index is 14.8. The van der Waals surface area contributed by atoms with E-state index >= 15 is 0 Å². The molecule has 2 heterocycles. The van der Waals surface area contributed by atoms with Crippen LogP contribution in [0.15, 0.2) is 30.3 Å². The minimum absolute atomic E-state index is 0.00706. The molecule has 11 heteroatoms. The number of nitrogens with one attached hydrogen (secondary N) is 1. The highest BCUT2D eigenvalue weighted by Crippen LogP contribution is 2.35. The van der Waals surface area contributed by atoms with E-state index in [0.717, 1.165) is 17.0 Å². The van der Waals surface area contributed by atoms with E-state index in [4.69, 9.17) is 16.9 Å². The van der Waals surface area contributed by atoms with Crippen LogP contribution in [0.25, 0.3) is 0 Å². The predicted octanol–water partition coefficient (Wildman–Crippen LogP) is 3.38. The normalized spacial score (nSPS) is 18.4. The largest absolute Gasteiger partial charge is 0.465 e. The van der Waals surface area contributed by atoms with Crippen LogP contribution in [-0.2, 0) is 9.59 Å². The number of hydrogen-bond acceptors (Lipinski definition) is 5. The fraction of sp³-hybridized carbons (Fsp3) is 0.273. The Kier molecular flexibility index (Phi) is 5.91. The third kappa shape index (κ3) is 4.32. The average molecular weight is 475 g/mol. The van der Waals surface area contributed by atoms with Crippen molar-refractivity contribution in [2.24, 2.45) is 0 Å². The van der Waals surface area contributed by atoms with Gasteiger partial charge in [-0.05, 0) is 36.8 Å². The summed E-state index contributed by atoms with van der Waals surface area (Å²) in [5.74, 6) is -4.14. The quantitative estimate of drug-likeness (QED) is 0.657. The van der Waals surface area contributed by atoms with E-state index in [-0.39, 0.29) is 47.9 Å². The molecule has 3 amide bonds. The zero-order valence-corrected chi connectivity index (χ0v) is 17.8. The van der Waals surface area contributed by atoms with Crippen molar-refractivity contribution in [3.63, 3.8) is 0 Å². The molecule has 4 rings (SSSR count). The minimum Gasteiger partial charge on any atom is -0.465 e. The average Bonchev–Trinajstić information content (AvgIpc) is 2.70. The second-order valence-electron chi connectivity index (χ2n) is 7.85. The van der Waals surface area contributed by atoms with Gasteiger partial charge in [0.2, 0.25) is 11.8 Å². The van der Waals surface area contributed by atoms with Crippen LogP contribution in [0.5, 0.6) is 0 Å². The van der Waals surface area contributed by atoms with Crippen molar-refractivity contribution in [2.75, 3.05) is 22.9 Å². The highest BCUT2D eigenvalue weighted by Gasteiger charge is 2.38. The van der Waals surface area contributed by atoms with Crippen molar-refractivity contribution in [1.82, 2.24) is 5.32 Å². The Balaban J connectivity index is 1.53. The molecule has 2 aliphatic rings. The first-order valence-corrected chi connectivity index (χ1v) is 10.4. The number of amides is 3. The Morgan fingerprint density at radius 1 is 1.18 bits per heavy atom. The third-order valence-corrected chi connectivity index (χ3v) is 5.96. The monoisotopic (exact) mass is 474 g/mol. The maximum Gasteiger partial charge on any atom is 0.412 e. The molecule has 2 aromatic rings. The molecule has 2 fully saturated rings. The van der Waals surface area contributed by atoms with E-state index in [2.05, 4.69) is 5.32 Å². The molecule has 0 spiro atoms. The van der Waals surface area contributed by atoms with E-state index in [9.17, 15) is 28.3 Å². The molecule has 33 heavy (non-hydrogen) atoms. The Labute approximate surface area is 192 Å². The topological polar surface area (TPSA) is 114 Å². The number of nitriles is 1. The third-order valence-electron chi connectivity index (χ3n) is 5.74. The number of halogens is 3. The number of piperidine rings is 1. The van der Waals surface area contributed by atoms with Crippen LogP contribution in [0.2, 0.25) is 5.02 Å². The van der Waals surface area contributed by atoms with Crippen molar-refractivity contribution in [3.8, 4) is 6.07 Å². The zero-order chi connectivity index (χ0) is 23.9. The van der Waals surface area contributed by atoms with E-state index in [1.165, 1.54) is 18.2 Å². The van der Waals surface area contributed by atoms with E-state index in [1.54, 1.807) is 4.90 Å². The minimum atomic E-state index is -1.25. The summed E-state index contributed by atoms with van der Waals surface area (Å²) in [6.45, 7) is 0.300. The van der Waals surface area contributed by atoms with Gasteiger partial charge in [0.1, 0.15) is 11.6 Å². The molecule has 170 valence electrons. The van der Waals surface area contributed by atoms with Crippen LogP contribution < -0.4 is 15.1 Å². The highest BCUT2D eigenvalue weighted by molar-refractivity contribution is 6.31. The van der Waals surface area contributed by atoms with Gasteiger partial charge < -0.3 is 10.0 Å². The molecule has 0 aromatic heterocycles. The number of imide groups is 1. The van der Waals surface area contributed by atoms with Crippen molar-refractivity contribution in [3.05, 3.63) is 58.1 Å². The molecule has 2 aromatic carbocycles. The fourth-order valence-corrected chi connectivity index (χ4v) is 4.37. The summed E-state index contributed by atoms with van der Waals surface area (Å²) in [6, 6.07) is 7.80. The lowest BCUT2D eigenvalue weighted by molar-refractivity contribution is -0.134. The molecule has 2 N–H and O–H groups in total. The van der Waals surface area contributed by atoms with Crippen LogP contribution in [0.1, 0.15) is 29.9 Å². The van der Waals surface area contributed by atoms with Crippen molar-refractivity contribution >= 4 is 40.9 Å². The second-order valence-corrected chi connectivity index (χ2v) is 8.28. The van der Waals surface area contributed by atoms with Gasteiger partial charge in [0.15, 0.2) is 0 Å². The Morgan fingerprint density at radius 3 is 2.42 bits per heavy atom. The van der Waals surface area contributed by atoms with E-state index in [1.807, 2.05) is 6.07 Å². The number of benzene rings is 2. The SMILES string of the molecule is N#Cc1cc(Cl)cc(N(C(=O)O)C2CN(c3cc(F)c(C4CCC(=O)NC4=O)c(F)c3)C2)c1. The van der Waals surface area contributed by atoms with Crippen molar-refractivity contribution < 1.29 is 28.3 Å². The standard InChI is InChI=1S/C22H17ClF2N4O4/c23-12-3-11(8-26)4-14(5-12)29(22(32)33)15-9-28(10-15)13-6-17(24)20(18(25)7-13)16-1-2-19(30)27-21(16)31/h3-7,15-16H,1-2,9-10H2,(H,32,33)(H,27,30,31). The predicted molar refractivity (Wildman–Crippen MR) is 114 cm³/mol. The summed E-state index contributed by atoms with van der Waals surface area (Å²) in [5, 5.41) is 21.1. The maximum atomic E-state index is 14.8. The Hall–Kier alpha value is -3.71. The van der Waals surface area contributed by atoms with Gasteiger partial charge in [-0.2, -0.15) is 5.26 Å². The number of anilines is 2. The van der Waals surface area contributed by atoms with Gasteiger partial charge in [0.25, 0.3) is 0 Å². The first-order valence-electron chi connectivity index (χ1n) is 9.98. The van der Waals surface area contributed by atoms with Gasteiger partial charge in [0, 0.05) is 35.8 Å². The van der Waals surface area contributed by atoms with Crippen molar-refractivity contribution in [2.45, 2.75) is 24.8 Å². The molecule has 0 saturated carbocycles. The molecular weight excluding hydrogens is 458 g/mol. The number of nitrogens with zero attached hydrogens (tertiary/aromatic N) is 3. The molecule has 1 unspecified atom stereocenters. The van der Waals surface area contributed by atoms with Crippen LogP contribution in [0.3, 0.4) is 0 Å². The summed E-state index contributed by atoms with van der Waals surface area (Å²) in [4.78, 5) is 37.8. The fourth-order valence-electron chi connectivity index (χ4n) is 4.14. The molecule has 2 aliphatic heterocycles. The first-order chi connectivity index (χ1) is 15.7. The molecular formula is C22H17ClF2N4O4. The molecule has 2 saturated heterocycles.